The molecule has 1 N–H and O–H groups in total. The van der Waals surface area contributed by atoms with Crippen molar-refractivity contribution < 1.29 is 4.74 Å². The fraction of sp³-hybridized carbons (Fsp3) is 1.00. The van der Waals surface area contributed by atoms with Crippen molar-refractivity contribution in [1.29, 1.82) is 0 Å². The van der Waals surface area contributed by atoms with Gasteiger partial charge in [0, 0.05) is 19.2 Å². The first-order chi connectivity index (χ1) is 5.51. The lowest BCUT2D eigenvalue weighted by molar-refractivity contribution is -0.00394. The topological polar surface area (TPSA) is 21.3 Å². The van der Waals surface area contributed by atoms with Crippen LogP contribution < -0.4 is 5.32 Å². The molecule has 0 amide bonds. The molecule has 1 heterocycles. The van der Waals surface area contributed by atoms with Crippen LogP contribution in [-0.4, -0.2) is 24.8 Å². The van der Waals surface area contributed by atoms with E-state index in [9.17, 15) is 0 Å². The molecule has 0 aliphatic carbocycles. The summed E-state index contributed by atoms with van der Waals surface area (Å²) in [7, 11) is 0. The van der Waals surface area contributed by atoms with E-state index in [1.165, 1.54) is 0 Å². The van der Waals surface area contributed by atoms with Crippen molar-refractivity contribution in [3.8, 4) is 0 Å². The molecule has 0 saturated carbocycles. The summed E-state index contributed by atoms with van der Waals surface area (Å²) in [5, 5.41) is 3.55. The summed E-state index contributed by atoms with van der Waals surface area (Å²) in [4.78, 5) is 0. The quantitative estimate of drug-likeness (QED) is 0.649. The van der Waals surface area contributed by atoms with Crippen LogP contribution in [0.3, 0.4) is 0 Å². The summed E-state index contributed by atoms with van der Waals surface area (Å²) < 4.78 is 5.71. The van der Waals surface area contributed by atoms with Gasteiger partial charge >= 0.3 is 0 Å². The van der Waals surface area contributed by atoms with E-state index in [-0.39, 0.29) is 5.60 Å². The smallest absolute Gasteiger partial charge is 0.0750 e. The van der Waals surface area contributed by atoms with Gasteiger partial charge in [-0.05, 0) is 26.2 Å². The first kappa shape index (κ1) is 10.0. The molecule has 0 aromatic carbocycles. The van der Waals surface area contributed by atoms with Crippen molar-refractivity contribution in [2.45, 2.75) is 45.8 Å². The third kappa shape index (κ3) is 2.76. The zero-order valence-electron chi connectivity index (χ0n) is 8.68. The van der Waals surface area contributed by atoms with E-state index >= 15 is 0 Å². The summed E-state index contributed by atoms with van der Waals surface area (Å²) in [6, 6.07) is 0.631. The fourth-order valence-electron chi connectivity index (χ4n) is 1.56. The second-order valence-corrected chi connectivity index (χ2v) is 4.63. The largest absolute Gasteiger partial charge is 0.374 e. The first-order valence-electron chi connectivity index (χ1n) is 4.88. The Labute approximate surface area is 75.7 Å². The summed E-state index contributed by atoms with van der Waals surface area (Å²) >= 11 is 0. The molecule has 1 unspecified atom stereocenters. The average molecular weight is 171 g/mol. The van der Waals surface area contributed by atoms with Gasteiger partial charge in [-0.3, -0.25) is 0 Å². The van der Waals surface area contributed by atoms with Gasteiger partial charge in [-0.2, -0.15) is 0 Å². The van der Waals surface area contributed by atoms with Crippen molar-refractivity contribution in [3.63, 3.8) is 0 Å². The molecular weight excluding hydrogens is 150 g/mol. The molecule has 0 bridgehead atoms. The Kier molecular flexibility index (Phi) is 3.13. The van der Waals surface area contributed by atoms with Gasteiger partial charge in [0.05, 0.1) is 5.60 Å². The van der Waals surface area contributed by atoms with Gasteiger partial charge in [0.15, 0.2) is 0 Å². The summed E-state index contributed by atoms with van der Waals surface area (Å²) in [6.45, 7) is 10.7. The van der Waals surface area contributed by atoms with Crippen molar-refractivity contribution in [2.24, 2.45) is 5.92 Å². The van der Waals surface area contributed by atoms with Crippen molar-refractivity contribution in [2.75, 3.05) is 13.2 Å². The van der Waals surface area contributed by atoms with E-state index < -0.39 is 0 Å². The Morgan fingerprint density at radius 3 is 2.67 bits per heavy atom. The maximum atomic E-state index is 5.71. The number of ether oxygens (including phenoxy) is 1. The van der Waals surface area contributed by atoms with Crippen LogP contribution >= 0.6 is 0 Å². The van der Waals surface area contributed by atoms with Crippen LogP contribution in [0.4, 0.5) is 0 Å². The van der Waals surface area contributed by atoms with Gasteiger partial charge in [-0.15, -0.1) is 0 Å². The molecule has 1 aliphatic heterocycles. The maximum Gasteiger partial charge on any atom is 0.0750 e. The van der Waals surface area contributed by atoms with Gasteiger partial charge < -0.3 is 10.1 Å². The molecular formula is C10H21NO. The molecule has 12 heavy (non-hydrogen) atoms. The SMILES string of the molecule is CC(C)C1CCOC(C)(C)CN1. The first-order valence-corrected chi connectivity index (χ1v) is 4.88. The number of hydrogen-bond donors (Lipinski definition) is 1. The van der Waals surface area contributed by atoms with Crippen molar-refractivity contribution in [1.82, 2.24) is 5.32 Å². The van der Waals surface area contributed by atoms with Crippen LogP contribution in [0.2, 0.25) is 0 Å². The fourth-order valence-corrected chi connectivity index (χ4v) is 1.56. The Morgan fingerprint density at radius 1 is 1.42 bits per heavy atom. The van der Waals surface area contributed by atoms with Crippen LogP contribution in [0.1, 0.15) is 34.1 Å². The molecule has 1 rings (SSSR count). The third-order valence-corrected chi connectivity index (χ3v) is 2.52. The molecule has 72 valence electrons. The minimum Gasteiger partial charge on any atom is -0.374 e. The zero-order valence-corrected chi connectivity index (χ0v) is 8.68. The second-order valence-electron chi connectivity index (χ2n) is 4.63. The molecule has 2 nitrogen and oxygen atoms in total. The highest BCUT2D eigenvalue weighted by molar-refractivity contribution is 4.81. The predicted octanol–water partition coefficient (Wildman–Crippen LogP) is 1.80. The summed E-state index contributed by atoms with van der Waals surface area (Å²) in [5.74, 6) is 0.711. The zero-order chi connectivity index (χ0) is 9.19. The number of rotatable bonds is 1. The highest BCUT2D eigenvalue weighted by Crippen LogP contribution is 2.16. The minimum absolute atomic E-state index is 0.0175. The molecule has 0 aromatic rings. The Morgan fingerprint density at radius 2 is 2.08 bits per heavy atom. The molecule has 0 spiro atoms. The van der Waals surface area contributed by atoms with E-state index in [0.717, 1.165) is 19.6 Å². The second kappa shape index (κ2) is 3.75. The van der Waals surface area contributed by atoms with Crippen LogP contribution in [0.25, 0.3) is 0 Å². The normalized spacial score (nSPS) is 30.2. The highest BCUT2D eigenvalue weighted by atomic mass is 16.5. The number of nitrogens with one attached hydrogen (secondary N) is 1. The van der Waals surface area contributed by atoms with E-state index in [0.29, 0.717) is 12.0 Å². The molecule has 0 aromatic heterocycles. The lowest BCUT2D eigenvalue weighted by Gasteiger charge is -2.23. The van der Waals surface area contributed by atoms with Crippen molar-refractivity contribution in [3.05, 3.63) is 0 Å². The highest BCUT2D eigenvalue weighted by Gasteiger charge is 2.25. The molecule has 1 atom stereocenters. The third-order valence-electron chi connectivity index (χ3n) is 2.52. The van der Waals surface area contributed by atoms with Crippen LogP contribution in [-0.2, 0) is 4.74 Å². The van der Waals surface area contributed by atoms with Crippen molar-refractivity contribution >= 4 is 0 Å². The van der Waals surface area contributed by atoms with E-state index in [1.807, 2.05) is 0 Å². The van der Waals surface area contributed by atoms with Gasteiger partial charge in [-0.25, -0.2) is 0 Å². The van der Waals surface area contributed by atoms with Crippen LogP contribution in [0.15, 0.2) is 0 Å². The Balaban J connectivity index is 2.45. The van der Waals surface area contributed by atoms with Gasteiger partial charge in [0.25, 0.3) is 0 Å². The Hall–Kier alpha value is -0.0800. The monoisotopic (exact) mass is 171 g/mol. The maximum absolute atomic E-state index is 5.71. The van der Waals surface area contributed by atoms with Gasteiger partial charge in [0.2, 0.25) is 0 Å². The van der Waals surface area contributed by atoms with E-state index in [2.05, 4.69) is 33.0 Å². The predicted molar refractivity (Wildman–Crippen MR) is 51.3 cm³/mol. The van der Waals surface area contributed by atoms with Crippen LogP contribution in [0, 0.1) is 5.92 Å². The molecule has 1 aliphatic rings. The lowest BCUT2D eigenvalue weighted by atomic mass is 10.0. The van der Waals surface area contributed by atoms with Crippen LogP contribution in [0.5, 0.6) is 0 Å². The standard InChI is InChI=1S/C10H21NO/c1-8(2)9-5-6-12-10(3,4)7-11-9/h8-9,11H,5-7H2,1-4H3. The minimum atomic E-state index is 0.0175. The molecule has 1 fully saturated rings. The molecule has 1 saturated heterocycles. The van der Waals surface area contributed by atoms with Gasteiger partial charge in [0.1, 0.15) is 0 Å². The van der Waals surface area contributed by atoms with E-state index in [1.54, 1.807) is 0 Å². The molecule has 2 heteroatoms. The lowest BCUT2D eigenvalue weighted by Crippen LogP contribution is -2.40. The summed E-state index contributed by atoms with van der Waals surface area (Å²) in [6.07, 6.45) is 1.14. The van der Waals surface area contributed by atoms with Gasteiger partial charge in [-0.1, -0.05) is 13.8 Å². The number of hydrogen-bond acceptors (Lipinski definition) is 2. The molecule has 0 radical (unpaired) electrons. The summed E-state index contributed by atoms with van der Waals surface area (Å²) in [5.41, 5.74) is 0.0175. The van der Waals surface area contributed by atoms with E-state index in [4.69, 9.17) is 4.74 Å². The average Bonchev–Trinajstić information content (AvgIpc) is 2.10. The Bertz CT molecular complexity index is 143.